The molecule has 0 aromatic carbocycles. The first-order chi connectivity index (χ1) is 4.36. The van der Waals surface area contributed by atoms with Gasteiger partial charge in [0.05, 0.1) is 0 Å². The second-order valence-electron chi connectivity index (χ2n) is 3.77. The Morgan fingerprint density at radius 3 is 1.10 bits per heavy atom. The van der Waals surface area contributed by atoms with E-state index in [0.717, 1.165) is 0 Å². The van der Waals surface area contributed by atoms with E-state index in [2.05, 4.69) is 53.6 Å². The Morgan fingerprint density at radius 2 is 1.10 bits per heavy atom. The highest BCUT2D eigenvalue weighted by Gasteiger charge is 2.10. The molecule has 0 fully saturated rings. The molecular formula is C9H23N. The highest BCUT2D eigenvalue weighted by molar-refractivity contribution is 4.67. The van der Waals surface area contributed by atoms with E-state index in [1.807, 2.05) is 0 Å². The number of hydrogen-bond donors (Lipinski definition) is 0. The van der Waals surface area contributed by atoms with E-state index in [1.165, 1.54) is 6.42 Å². The minimum absolute atomic E-state index is 0.333. The van der Waals surface area contributed by atoms with Gasteiger partial charge in [-0.2, -0.15) is 0 Å². The number of rotatable bonds is 0. The lowest BCUT2D eigenvalue weighted by molar-refractivity contribution is 0.219. The van der Waals surface area contributed by atoms with Gasteiger partial charge in [0.25, 0.3) is 0 Å². The van der Waals surface area contributed by atoms with Crippen LogP contribution in [0.2, 0.25) is 0 Å². The summed E-state index contributed by atoms with van der Waals surface area (Å²) in [6.45, 7) is 10.8. The second kappa shape index (κ2) is 5.72. The summed E-state index contributed by atoms with van der Waals surface area (Å²) in [5.41, 5.74) is 0.333. The van der Waals surface area contributed by atoms with Crippen molar-refractivity contribution in [1.29, 1.82) is 0 Å². The molecule has 0 spiro atoms. The maximum atomic E-state index is 2.19. The van der Waals surface area contributed by atoms with Crippen LogP contribution >= 0.6 is 0 Å². The maximum absolute atomic E-state index is 2.19. The Kier molecular flexibility index (Phi) is 7.22. The summed E-state index contributed by atoms with van der Waals surface area (Å²) in [7, 11) is 4.17. The van der Waals surface area contributed by atoms with Crippen molar-refractivity contribution in [2.24, 2.45) is 0 Å². The fraction of sp³-hybridized carbons (Fsp3) is 1.00. The Balaban J connectivity index is 0. The van der Waals surface area contributed by atoms with Gasteiger partial charge in [0, 0.05) is 5.54 Å². The molecule has 1 heteroatoms. The molecule has 0 bridgehead atoms. The van der Waals surface area contributed by atoms with Crippen LogP contribution in [0.4, 0.5) is 0 Å². The van der Waals surface area contributed by atoms with E-state index in [0.29, 0.717) is 5.54 Å². The first kappa shape index (κ1) is 12.6. The van der Waals surface area contributed by atoms with Crippen LogP contribution < -0.4 is 0 Å². The van der Waals surface area contributed by atoms with Crippen LogP contribution in [0.25, 0.3) is 0 Å². The van der Waals surface area contributed by atoms with Crippen molar-refractivity contribution in [1.82, 2.24) is 4.90 Å². The Labute approximate surface area is 66.4 Å². The van der Waals surface area contributed by atoms with Crippen molar-refractivity contribution >= 4 is 0 Å². The van der Waals surface area contributed by atoms with Gasteiger partial charge in [0.2, 0.25) is 0 Å². The standard InChI is InChI=1S/C6H15N.C3H8/c1-6(2,3)7(4)5;1-3-2/h1-5H3;3H2,1-2H3. The molecule has 0 saturated carbocycles. The first-order valence-electron chi connectivity index (χ1n) is 4.03. The van der Waals surface area contributed by atoms with Crippen molar-refractivity contribution < 1.29 is 0 Å². The van der Waals surface area contributed by atoms with Gasteiger partial charge in [-0.15, -0.1) is 0 Å². The molecule has 64 valence electrons. The van der Waals surface area contributed by atoms with Gasteiger partial charge in [-0.1, -0.05) is 20.3 Å². The third kappa shape index (κ3) is 10.9. The third-order valence-corrected chi connectivity index (χ3v) is 1.34. The molecule has 0 aliphatic carbocycles. The molecule has 0 aromatic heterocycles. The van der Waals surface area contributed by atoms with Gasteiger partial charge in [0.15, 0.2) is 0 Å². The predicted molar refractivity (Wildman–Crippen MR) is 49.4 cm³/mol. The largest absolute Gasteiger partial charge is 0.305 e. The molecule has 0 rings (SSSR count). The topological polar surface area (TPSA) is 3.24 Å². The zero-order valence-electron chi connectivity index (χ0n) is 8.65. The van der Waals surface area contributed by atoms with Gasteiger partial charge in [-0.3, -0.25) is 0 Å². The molecule has 0 heterocycles. The van der Waals surface area contributed by atoms with Crippen molar-refractivity contribution in [3.8, 4) is 0 Å². The summed E-state index contributed by atoms with van der Waals surface area (Å²) >= 11 is 0. The lowest BCUT2D eigenvalue weighted by Gasteiger charge is -2.27. The molecule has 0 aliphatic rings. The van der Waals surface area contributed by atoms with E-state index in [-0.39, 0.29) is 0 Å². The second-order valence-corrected chi connectivity index (χ2v) is 3.77. The van der Waals surface area contributed by atoms with Gasteiger partial charge in [-0.05, 0) is 34.9 Å². The van der Waals surface area contributed by atoms with Crippen molar-refractivity contribution in [2.75, 3.05) is 14.1 Å². The third-order valence-electron chi connectivity index (χ3n) is 1.34. The normalized spacial score (nSPS) is 10.8. The van der Waals surface area contributed by atoms with Gasteiger partial charge in [-0.25, -0.2) is 0 Å². The van der Waals surface area contributed by atoms with Crippen LogP contribution in [0.3, 0.4) is 0 Å². The molecular weight excluding hydrogens is 122 g/mol. The van der Waals surface area contributed by atoms with Crippen LogP contribution in [0.15, 0.2) is 0 Å². The van der Waals surface area contributed by atoms with Crippen molar-refractivity contribution in [3.05, 3.63) is 0 Å². The van der Waals surface area contributed by atoms with Gasteiger partial charge >= 0.3 is 0 Å². The minimum Gasteiger partial charge on any atom is -0.305 e. The SMILES string of the molecule is CCC.CN(C)C(C)(C)C. The van der Waals surface area contributed by atoms with Crippen molar-refractivity contribution in [3.63, 3.8) is 0 Å². The maximum Gasteiger partial charge on any atom is 0.0118 e. The molecule has 0 aromatic rings. The summed E-state index contributed by atoms with van der Waals surface area (Å²) in [6.07, 6.45) is 1.25. The van der Waals surface area contributed by atoms with E-state index in [9.17, 15) is 0 Å². The van der Waals surface area contributed by atoms with Crippen LogP contribution in [0.5, 0.6) is 0 Å². The van der Waals surface area contributed by atoms with E-state index >= 15 is 0 Å². The minimum atomic E-state index is 0.333. The Hall–Kier alpha value is -0.0400. The number of hydrogen-bond acceptors (Lipinski definition) is 1. The fourth-order valence-corrected chi connectivity index (χ4v) is 0. The van der Waals surface area contributed by atoms with Crippen LogP contribution in [-0.2, 0) is 0 Å². The Morgan fingerprint density at radius 1 is 1.00 bits per heavy atom. The zero-order valence-corrected chi connectivity index (χ0v) is 8.65. The molecule has 10 heavy (non-hydrogen) atoms. The summed E-state index contributed by atoms with van der Waals surface area (Å²) in [4.78, 5) is 2.19. The summed E-state index contributed by atoms with van der Waals surface area (Å²) < 4.78 is 0. The first-order valence-corrected chi connectivity index (χ1v) is 4.03. The van der Waals surface area contributed by atoms with Crippen LogP contribution in [0, 0.1) is 0 Å². The molecule has 0 atom stereocenters. The fourth-order valence-electron chi connectivity index (χ4n) is 0. The molecule has 0 radical (unpaired) electrons. The molecule has 0 unspecified atom stereocenters. The van der Waals surface area contributed by atoms with Crippen LogP contribution in [-0.4, -0.2) is 24.5 Å². The highest BCUT2D eigenvalue weighted by Crippen LogP contribution is 2.05. The molecule has 0 amide bonds. The monoisotopic (exact) mass is 145 g/mol. The van der Waals surface area contributed by atoms with E-state index < -0.39 is 0 Å². The molecule has 0 aliphatic heterocycles. The Bertz CT molecular complexity index is 59.6. The average molecular weight is 145 g/mol. The molecule has 0 saturated heterocycles. The van der Waals surface area contributed by atoms with Gasteiger partial charge < -0.3 is 4.90 Å². The van der Waals surface area contributed by atoms with Crippen molar-refractivity contribution in [2.45, 2.75) is 46.6 Å². The summed E-state index contributed by atoms with van der Waals surface area (Å²) in [5, 5.41) is 0. The molecule has 1 nitrogen and oxygen atoms in total. The average Bonchev–Trinajstić information content (AvgIpc) is 1.64. The highest BCUT2D eigenvalue weighted by atomic mass is 15.1. The van der Waals surface area contributed by atoms with E-state index in [1.54, 1.807) is 0 Å². The lowest BCUT2D eigenvalue weighted by atomic mass is 10.1. The smallest absolute Gasteiger partial charge is 0.0118 e. The predicted octanol–water partition coefficient (Wildman–Crippen LogP) is 2.76. The zero-order chi connectivity index (χ0) is 8.78. The lowest BCUT2D eigenvalue weighted by Crippen LogP contribution is -2.34. The number of nitrogens with zero attached hydrogens (tertiary/aromatic N) is 1. The van der Waals surface area contributed by atoms with Crippen LogP contribution in [0.1, 0.15) is 41.0 Å². The quantitative estimate of drug-likeness (QED) is 0.506. The van der Waals surface area contributed by atoms with E-state index in [4.69, 9.17) is 0 Å². The van der Waals surface area contributed by atoms with Gasteiger partial charge in [0.1, 0.15) is 0 Å². The summed E-state index contributed by atoms with van der Waals surface area (Å²) in [5.74, 6) is 0. The molecule has 0 N–H and O–H groups in total. The summed E-state index contributed by atoms with van der Waals surface area (Å²) in [6, 6.07) is 0.